The van der Waals surface area contributed by atoms with Crippen molar-refractivity contribution in [1.29, 1.82) is 0 Å². The molecule has 0 aliphatic rings. The number of pyridine rings is 1. The van der Waals surface area contributed by atoms with Gasteiger partial charge in [0, 0.05) is 5.69 Å². The number of ether oxygens (including phenoxy) is 1. The zero-order valence-electron chi connectivity index (χ0n) is 14.8. The largest absolute Gasteiger partial charge is 0.494 e. The third-order valence-corrected chi connectivity index (χ3v) is 5.88. The van der Waals surface area contributed by atoms with Gasteiger partial charge in [-0.2, -0.15) is 0 Å². The van der Waals surface area contributed by atoms with Crippen LogP contribution >= 0.6 is 31.9 Å². The van der Waals surface area contributed by atoms with Gasteiger partial charge < -0.3 is 9.72 Å². The Balaban J connectivity index is 1.93. The summed E-state index contributed by atoms with van der Waals surface area (Å²) in [4.78, 5) is 15.4. The molecule has 0 fully saturated rings. The number of aromatic nitrogens is 1. The quantitative estimate of drug-likeness (QED) is 0.418. The smallest absolute Gasteiger partial charge is 0.210 e. The maximum atomic E-state index is 12.2. The van der Waals surface area contributed by atoms with Crippen LogP contribution in [0.2, 0.25) is 0 Å². The van der Waals surface area contributed by atoms with Gasteiger partial charge in [0.1, 0.15) is 5.75 Å². The zero-order valence-corrected chi connectivity index (χ0v) is 18.0. The highest BCUT2D eigenvalue weighted by atomic mass is 79.9. The van der Waals surface area contributed by atoms with E-state index in [9.17, 15) is 4.79 Å². The van der Waals surface area contributed by atoms with E-state index in [1.54, 1.807) is 0 Å². The molecule has 0 atom stereocenters. The monoisotopic (exact) mass is 469 g/mol. The fourth-order valence-corrected chi connectivity index (χ4v) is 3.76. The predicted octanol–water partition coefficient (Wildman–Crippen LogP) is 6.61. The minimum absolute atomic E-state index is 0.0466. The standard InChI is InChI=1S/C20H25Br2NO2/c1-3-4-5-6-7-8-13-25-16-11-9-15(10-12-16)19-18(22)20(24)17(21)14(2)23-19/h9-12H,3-8,13H2,1-2H3,(H,23,24). The van der Waals surface area contributed by atoms with Crippen molar-refractivity contribution in [2.24, 2.45) is 0 Å². The number of rotatable bonds is 9. The van der Waals surface area contributed by atoms with E-state index in [-0.39, 0.29) is 5.43 Å². The Kier molecular flexibility index (Phi) is 8.24. The summed E-state index contributed by atoms with van der Waals surface area (Å²) < 4.78 is 6.90. The van der Waals surface area contributed by atoms with Crippen molar-refractivity contribution < 1.29 is 4.74 Å². The van der Waals surface area contributed by atoms with Crippen LogP contribution in [0, 0.1) is 6.92 Å². The van der Waals surface area contributed by atoms with Gasteiger partial charge in [0.25, 0.3) is 0 Å². The van der Waals surface area contributed by atoms with Gasteiger partial charge in [-0.3, -0.25) is 4.79 Å². The number of H-pyrrole nitrogens is 1. The van der Waals surface area contributed by atoms with Crippen LogP contribution < -0.4 is 10.2 Å². The second kappa shape index (κ2) is 10.2. The molecule has 0 aliphatic carbocycles. The minimum Gasteiger partial charge on any atom is -0.494 e. The Morgan fingerprint density at radius 1 is 0.960 bits per heavy atom. The van der Waals surface area contributed by atoms with E-state index >= 15 is 0 Å². The lowest BCUT2D eigenvalue weighted by molar-refractivity contribution is 0.304. The van der Waals surface area contributed by atoms with E-state index < -0.39 is 0 Å². The first kappa shape index (κ1) is 20.2. The number of halogens is 2. The third kappa shape index (κ3) is 5.71. The van der Waals surface area contributed by atoms with Gasteiger partial charge in [-0.25, -0.2) is 0 Å². The fraction of sp³-hybridized carbons (Fsp3) is 0.450. The van der Waals surface area contributed by atoms with E-state index in [0.29, 0.717) is 8.95 Å². The summed E-state index contributed by atoms with van der Waals surface area (Å²) in [5.74, 6) is 0.865. The lowest BCUT2D eigenvalue weighted by Crippen LogP contribution is -2.09. The molecule has 1 heterocycles. The highest BCUT2D eigenvalue weighted by Crippen LogP contribution is 2.28. The normalized spacial score (nSPS) is 10.9. The van der Waals surface area contributed by atoms with Crippen LogP contribution in [0.4, 0.5) is 0 Å². The van der Waals surface area contributed by atoms with Crippen LogP contribution in [-0.4, -0.2) is 11.6 Å². The molecule has 0 saturated carbocycles. The van der Waals surface area contributed by atoms with Crippen LogP contribution in [0.1, 0.15) is 51.1 Å². The number of hydrogen-bond donors (Lipinski definition) is 1. The van der Waals surface area contributed by atoms with Gasteiger partial charge in [-0.15, -0.1) is 0 Å². The van der Waals surface area contributed by atoms with Crippen molar-refractivity contribution in [3.63, 3.8) is 0 Å². The Morgan fingerprint density at radius 2 is 1.60 bits per heavy atom. The van der Waals surface area contributed by atoms with Crippen molar-refractivity contribution in [3.05, 3.63) is 49.1 Å². The van der Waals surface area contributed by atoms with Gasteiger partial charge in [0.15, 0.2) is 0 Å². The first-order valence-electron chi connectivity index (χ1n) is 8.85. The van der Waals surface area contributed by atoms with Gasteiger partial charge in [-0.05, 0) is 75.0 Å². The lowest BCUT2D eigenvalue weighted by atomic mass is 10.1. The van der Waals surface area contributed by atoms with E-state index in [1.165, 1.54) is 32.1 Å². The van der Waals surface area contributed by atoms with Crippen LogP contribution in [0.25, 0.3) is 11.3 Å². The SMILES string of the molecule is CCCCCCCCOc1ccc(-c2[nH]c(C)c(Br)c(=O)c2Br)cc1. The van der Waals surface area contributed by atoms with Crippen molar-refractivity contribution in [2.45, 2.75) is 52.4 Å². The van der Waals surface area contributed by atoms with Crippen LogP contribution in [-0.2, 0) is 0 Å². The van der Waals surface area contributed by atoms with Gasteiger partial charge >= 0.3 is 0 Å². The molecule has 1 aromatic carbocycles. The number of unbranched alkanes of at least 4 members (excludes halogenated alkanes) is 5. The first-order valence-corrected chi connectivity index (χ1v) is 10.4. The number of hydrogen-bond acceptors (Lipinski definition) is 2. The molecule has 5 heteroatoms. The molecule has 0 saturated heterocycles. The molecular formula is C20H25Br2NO2. The third-order valence-electron chi connectivity index (χ3n) is 4.17. The zero-order chi connectivity index (χ0) is 18.2. The van der Waals surface area contributed by atoms with Crippen molar-refractivity contribution in [3.8, 4) is 17.0 Å². The molecule has 0 bridgehead atoms. The lowest BCUT2D eigenvalue weighted by Gasteiger charge is -2.10. The predicted molar refractivity (Wildman–Crippen MR) is 112 cm³/mol. The summed E-state index contributed by atoms with van der Waals surface area (Å²) in [7, 11) is 0. The van der Waals surface area contributed by atoms with Gasteiger partial charge in [0.2, 0.25) is 5.43 Å². The molecule has 25 heavy (non-hydrogen) atoms. The summed E-state index contributed by atoms with van der Waals surface area (Å²) in [5, 5.41) is 0. The van der Waals surface area contributed by atoms with Gasteiger partial charge in [-0.1, -0.05) is 39.0 Å². The second-order valence-corrected chi connectivity index (χ2v) is 7.81. The van der Waals surface area contributed by atoms with Crippen LogP contribution in [0.15, 0.2) is 38.0 Å². The number of benzene rings is 1. The molecule has 0 spiro atoms. The Bertz CT molecular complexity index is 739. The average molecular weight is 471 g/mol. The van der Waals surface area contributed by atoms with E-state index in [2.05, 4.69) is 43.8 Å². The molecule has 0 radical (unpaired) electrons. The molecule has 2 aromatic rings. The van der Waals surface area contributed by atoms with Crippen LogP contribution in [0.3, 0.4) is 0 Å². The minimum atomic E-state index is -0.0466. The molecule has 0 aliphatic heterocycles. The molecule has 0 amide bonds. The van der Waals surface area contributed by atoms with Crippen molar-refractivity contribution >= 4 is 31.9 Å². The fourth-order valence-electron chi connectivity index (χ4n) is 2.67. The molecule has 0 unspecified atom stereocenters. The van der Waals surface area contributed by atoms with Crippen LogP contribution in [0.5, 0.6) is 5.75 Å². The highest BCUT2D eigenvalue weighted by Gasteiger charge is 2.12. The molecular weight excluding hydrogens is 446 g/mol. The number of aromatic amines is 1. The maximum absolute atomic E-state index is 12.2. The molecule has 3 nitrogen and oxygen atoms in total. The molecule has 1 N–H and O–H groups in total. The van der Waals surface area contributed by atoms with E-state index in [0.717, 1.165) is 35.7 Å². The van der Waals surface area contributed by atoms with Gasteiger partial charge in [0.05, 0.1) is 21.2 Å². The summed E-state index contributed by atoms with van der Waals surface area (Å²) >= 11 is 6.70. The van der Waals surface area contributed by atoms with Crippen molar-refractivity contribution in [2.75, 3.05) is 6.61 Å². The summed E-state index contributed by atoms with van der Waals surface area (Å²) in [5.41, 5.74) is 2.50. The first-order chi connectivity index (χ1) is 12.0. The summed E-state index contributed by atoms with van der Waals surface area (Å²) in [6, 6.07) is 7.85. The molecule has 1 aromatic heterocycles. The Labute approximate surface area is 166 Å². The van der Waals surface area contributed by atoms with Crippen molar-refractivity contribution in [1.82, 2.24) is 4.98 Å². The Morgan fingerprint density at radius 3 is 2.28 bits per heavy atom. The average Bonchev–Trinajstić information content (AvgIpc) is 2.63. The maximum Gasteiger partial charge on any atom is 0.210 e. The topological polar surface area (TPSA) is 42.1 Å². The summed E-state index contributed by atoms with van der Waals surface area (Å²) in [6.07, 6.45) is 7.55. The Hall–Kier alpha value is -1.07. The van der Waals surface area contributed by atoms with E-state index in [4.69, 9.17) is 4.74 Å². The number of aryl methyl sites for hydroxylation is 1. The second-order valence-electron chi connectivity index (χ2n) is 6.22. The van der Waals surface area contributed by atoms with E-state index in [1.807, 2.05) is 31.2 Å². The number of nitrogens with one attached hydrogen (secondary N) is 1. The summed E-state index contributed by atoms with van der Waals surface area (Å²) in [6.45, 7) is 4.86. The molecule has 2 rings (SSSR count). The molecule has 136 valence electrons. The highest BCUT2D eigenvalue weighted by molar-refractivity contribution is 9.11.